The summed E-state index contributed by atoms with van der Waals surface area (Å²) in [6, 6.07) is 14.0. The molecule has 0 aromatic heterocycles. The number of carbonyl (C=O) groups excluding carboxylic acids is 1. The maximum atomic E-state index is 12.2. The largest absolute Gasteiger partial charge is 0.481 e. The van der Waals surface area contributed by atoms with E-state index in [1.807, 2.05) is 57.4 Å². The summed E-state index contributed by atoms with van der Waals surface area (Å²) in [5, 5.41) is 5.24. The fourth-order valence-electron chi connectivity index (χ4n) is 2.45. The Bertz CT molecular complexity index is 640. The van der Waals surface area contributed by atoms with Crippen LogP contribution in [0.25, 0.3) is 10.8 Å². The topological polar surface area (TPSA) is 41.6 Å². The van der Waals surface area contributed by atoms with Gasteiger partial charge in [-0.3, -0.25) is 4.79 Å². The van der Waals surface area contributed by atoms with Gasteiger partial charge in [0.2, 0.25) is 0 Å². The minimum absolute atomic E-state index is 0.0422. The molecular weight excluding hydrogens is 288 g/mol. The minimum Gasteiger partial charge on any atom is -0.481 e. The van der Waals surface area contributed by atoms with Gasteiger partial charge in [0.05, 0.1) is 0 Å². The van der Waals surface area contributed by atoms with Crippen LogP contribution in [-0.4, -0.2) is 44.1 Å². The summed E-state index contributed by atoms with van der Waals surface area (Å²) in [6.07, 6.45) is 1.13. The molecular formula is C19H26N2O2. The van der Waals surface area contributed by atoms with Crippen LogP contribution in [0.5, 0.6) is 5.75 Å². The summed E-state index contributed by atoms with van der Waals surface area (Å²) in [5.74, 6) is 0.693. The van der Waals surface area contributed by atoms with E-state index < -0.39 is 6.10 Å². The molecule has 0 unspecified atom stereocenters. The number of nitrogens with zero attached hydrogens (tertiary/aromatic N) is 1. The molecule has 0 saturated heterocycles. The van der Waals surface area contributed by atoms with E-state index in [0.29, 0.717) is 13.0 Å². The van der Waals surface area contributed by atoms with E-state index in [1.165, 1.54) is 5.39 Å². The van der Waals surface area contributed by atoms with Crippen LogP contribution in [0.1, 0.15) is 19.8 Å². The third-order valence-corrected chi connectivity index (χ3v) is 3.74. The molecule has 124 valence electrons. The Hall–Kier alpha value is -2.07. The molecule has 0 aliphatic heterocycles. The standard InChI is InChI=1S/C19H26N2O2/c1-4-18(19(22)20-12-7-13-21(2)3)23-17-11-10-15-8-5-6-9-16(15)14-17/h5-6,8-11,14,18H,4,7,12-13H2,1-3H3,(H,20,22)/t18-/m1/s1. The van der Waals surface area contributed by atoms with Crippen LogP contribution < -0.4 is 10.1 Å². The third-order valence-electron chi connectivity index (χ3n) is 3.74. The molecule has 4 nitrogen and oxygen atoms in total. The molecule has 0 fully saturated rings. The van der Waals surface area contributed by atoms with Crippen LogP contribution in [0.4, 0.5) is 0 Å². The lowest BCUT2D eigenvalue weighted by molar-refractivity contribution is -0.128. The van der Waals surface area contributed by atoms with Crippen LogP contribution in [-0.2, 0) is 4.79 Å². The van der Waals surface area contributed by atoms with Crippen molar-refractivity contribution in [3.63, 3.8) is 0 Å². The zero-order valence-corrected chi connectivity index (χ0v) is 14.2. The molecule has 2 rings (SSSR count). The number of carbonyl (C=O) groups is 1. The summed E-state index contributed by atoms with van der Waals surface area (Å²) in [5.41, 5.74) is 0. The predicted molar refractivity (Wildman–Crippen MR) is 94.8 cm³/mol. The van der Waals surface area contributed by atoms with E-state index in [-0.39, 0.29) is 5.91 Å². The van der Waals surface area contributed by atoms with E-state index in [9.17, 15) is 4.79 Å². The zero-order chi connectivity index (χ0) is 16.7. The molecule has 0 saturated carbocycles. The lowest BCUT2D eigenvalue weighted by Crippen LogP contribution is -2.39. The van der Waals surface area contributed by atoms with Gasteiger partial charge in [-0.25, -0.2) is 0 Å². The van der Waals surface area contributed by atoms with Gasteiger partial charge in [-0.2, -0.15) is 0 Å². The highest BCUT2D eigenvalue weighted by Crippen LogP contribution is 2.22. The molecule has 1 amide bonds. The van der Waals surface area contributed by atoms with E-state index >= 15 is 0 Å². The highest BCUT2D eigenvalue weighted by atomic mass is 16.5. The molecule has 0 radical (unpaired) electrons. The molecule has 0 heterocycles. The van der Waals surface area contributed by atoms with Gasteiger partial charge in [0, 0.05) is 6.54 Å². The van der Waals surface area contributed by atoms with Crippen molar-refractivity contribution in [2.24, 2.45) is 0 Å². The smallest absolute Gasteiger partial charge is 0.261 e. The SMILES string of the molecule is CC[C@@H](Oc1ccc2ccccc2c1)C(=O)NCCCN(C)C. The van der Waals surface area contributed by atoms with Crippen molar-refractivity contribution in [1.29, 1.82) is 0 Å². The molecule has 2 aromatic rings. The van der Waals surface area contributed by atoms with E-state index in [4.69, 9.17) is 4.74 Å². The van der Waals surface area contributed by atoms with Gasteiger partial charge >= 0.3 is 0 Å². The zero-order valence-electron chi connectivity index (χ0n) is 14.2. The van der Waals surface area contributed by atoms with Crippen LogP contribution in [0.2, 0.25) is 0 Å². The first-order valence-electron chi connectivity index (χ1n) is 8.18. The molecule has 4 heteroatoms. The molecule has 2 aromatic carbocycles. The molecule has 0 bridgehead atoms. The van der Waals surface area contributed by atoms with Gasteiger partial charge in [0.1, 0.15) is 5.75 Å². The average Bonchev–Trinajstić information content (AvgIpc) is 2.56. The van der Waals surface area contributed by atoms with Gasteiger partial charge in [0.25, 0.3) is 5.91 Å². The predicted octanol–water partition coefficient (Wildman–Crippen LogP) is 3.07. The fourth-order valence-corrected chi connectivity index (χ4v) is 2.45. The number of benzene rings is 2. The Kier molecular flexibility index (Phi) is 6.41. The Labute approximate surface area is 138 Å². The highest BCUT2D eigenvalue weighted by Gasteiger charge is 2.17. The van der Waals surface area contributed by atoms with Crippen LogP contribution in [0, 0.1) is 0 Å². The first kappa shape index (κ1) is 17.3. The summed E-state index contributed by atoms with van der Waals surface area (Å²) in [7, 11) is 4.05. The van der Waals surface area contributed by atoms with Crippen molar-refractivity contribution < 1.29 is 9.53 Å². The third kappa shape index (κ3) is 5.25. The second kappa shape index (κ2) is 8.53. The van der Waals surface area contributed by atoms with E-state index in [2.05, 4.69) is 16.3 Å². The number of hydrogen-bond donors (Lipinski definition) is 1. The van der Waals surface area contributed by atoms with Gasteiger partial charge in [-0.1, -0.05) is 37.3 Å². The number of fused-ring (bicyclic) bond motifs is 1. The van der Waals surface area contributed by atoms with Crippen molar-refractivity contribution in [3.05, 3.63) is 42.5 Å². The van der Waals surface area contributed by atoms with Crippen molar-refractivity contribution in [3.8, 4) is 5.75 Å². The van der Waals surface area contributed by atoms with Crippen molar-refractivity contribution in [1.82, 2.24) is 10.2 Å². The lowest BCUT2D eigenvalue weighted by Gasteiger charge is -2.18. The van der Waals surface area contributed by atoms with Crippen molar-refractivity contribution in [2.45, 2.75) is 25.9 Å². The fraction of sp³-hybridized carbons (Fsp3) is 0.421. The van der Waals surface area contributed by atoms with Crippen LogP contribution in [0.3, 0.4) is 0 Å². The summed E-state index contributed by atoms with van der Waals surface area (Å²) in [4.78, 5) is 14.3. The summed E-state index contributed by atoms with van der Waals surface area (Å²) >= 11 is 0. The molecule has 23 heavy (non-hydrogen) atoms. The Balaban J connectivity index is 1.93. The van der Waals surface area contributed by atoms with Crippen molar-refractivity contribution in [2.75, 3.05) is 27.2 Å². The van der Waals surface area contributed by atoms with Gasteiger partial charge in [0.15, 0.2) is 6.10 Å². The number of nitrogens with one attached hydrogen (secondary N) is 1. The number of amides is 1. The monoisotopic (exact) mass is 314 g/mol. The Morgan fingerprint density at radius 3 is 2.61 bits per heavy atom. The second-order valence-corrected chi connectivity index (χ2v) is 5.97. The average molecular weight is 314 g/mol. The lowest BCUT2D eigenvalue weighted by atomic mass is 10.1. The normalized spacial score (nSPS) is 12.3. The minimum atomic E-state index is -0.449. The molecule has 1 N–H and O–H groups in total. The summed E-state index contributed by atoms with van der Waals surface area (Å²) in [6.45, 7) is 3.60. The van der Waals surface area contributed by atoms with E-state index in [1.54, 1.807) is 0 Å². The Morgan fingerprint density at radius 2 is 1.91 bits per heavy atom. The number of hydrogen-bond acceptors (Lipinski definition) is 3. The second-order valence-electron chi connectivity index (χ2n) is 5.97. The maximum Gasteiger partial charge on any atom is 0.261 e. The summed E-state index contributed by atoms with van der Waals surface area (Å²) < 4.78 is 5.89. The van der Waals surface area contributed by atoms with E-state index in [0.717, 1.165) is 24.1 Å². The first-order valence-corrected chi connectivity index (χ1v) is 8.18. The number of ether oxygens (including phenoxy) is 1. The number of rotatable bonds is 8. The highest BCUT2D eigenvalue weighted by molar-refractivity contribution is 5.84. The Morgan fingerprint density at radius 1 is 1.17 bits per heavy atom. The van der Waals surface area contributed by atoms with Gasteiger partial charge < -0.3 is 15.0 Å². The molecule has 0 spiro atoms. The van der Waals surface area contributed by atoms with Gasteiger partial charge in [-0.05, 0) is 56.4 Å². The van der Waals surface area contributed by atoms with Crippen LogP contribution >= 0.6 is 0 Å². The first-order chi connectivity index (χ1) is 11.1. The van der Waals surface area contributed by atoms with Crippen LogP contribution in [0.15, 0.2) is 42.5 Å². The molecule has 1 atom stereocenters. The maximum absolute atomic E-state index is 12.2. The molecule has 0 aliphatic carbocycles. The molecule has 0 aliphatic rings. The quantitative estimate of drug-likeness (QED) is 0.761. The van der Waals surface area contributed by atoms with Gasteiger partial charge in [-0.15, -0.1) is 0 Å². The van der Waals surface area contributed by atoms with Crippen molar-refractivity contribution >= 4 is 16.7 Å².